The van der Waals surface area contributed by atoms with Crippen molar-refractivity contribution in [2.24, 2.45) is 5.73 Å². The smallest absolute Gasteiger partial charge is 0.322 e. The Balaban J connectivity index is 2.32. The Kier molecular flexibility index (Phi) is 3.62. The van der Waals surface area contributed by atoms with Gasteiger partial charge in [0.25, 0.3) is 0 Å². The highest BCUT2D eigenvalue weighted by Gasteiger charge is 2.08. The van der Waals surface area contributed by atoms with E-state index >= 15 is 0 Å². The Morgan fingerprint density at radius 2 is 2.11 bits per heavy atom. The van der Waals surface area contributed by atoms with E-state index in [0.29, 0.717) is 11.4 Å². The topological polar surface area (TPSA) is 84.9 Å². The van der Waals surface area contributed by atoms with E-state index in [1.165, 1.54) is 18.2 Å². The van der Waals surface area contributed by atoms with E-state index in [1.54, 1.807) is 13.0 Å². The molecule has 1 heterocycles. The van der Waals surface area contributed by atoms with Gasteiger partial charge in [-0.3, -0.25) is 5.41 Å². The third kappa shape index (κ3) is 3.17. The van der Waals surface area contributed by atoms with Gasteiger partial charge >= 0.3 is 6.01 Å². The Hall–Kier alpha value is -2.21. The van der Waals surface area contributed by atoms with Crippen molar-refractivity contribution >= 4 is 17.4 Å². The van der Waals surface area contributed by atoms with Gasteiger partial charge in [0.15, 0.2) is 0 Å². The van der Waals surface area contributed by atoms with Gasteiger partial charge < -0.3 is 10.5 Å². The molecule has 0 radical (unpaired) electrons. The Morgan fingerprint density at radius 3 is 2.74 bits per heavy atom. The number of rotatable bonds is 3. The molecule has 1 aromatic heterocycles. The quantitative estimate of drug-likeness (QED) is 0.668. The maximum absolute atomic E-state index is 13.0. The fraction of sp³-hybridized carbons (Fsp3) is 0.0833. The molecule has 0 amide bonds. The SMILES string of the molecule is Cc1cc(C(=N)N)nc(Oc2ccc(F)c(Cl)c2)n1. The maximum atomic E-state index is 13.0. The molecule has 0 saturated heterocycles. The zero-order valence-electron chi connectivity index (χ0n) is 9.95. The molecule has 0 aliphatic heterocycles. The van der Waals surface area contributed by atoms with Gasteiger partial charge in [-0.25, -0.2) is 9.37 Å². The van der Waals surface area contributed by atoms with Crippen molar-refractivity contribution in [2.45, 2.75) is 6.92 Å². The molecule has 0 aliphatic rings. The molecule has 1 aromatic carbocycles. The van der Waals surface area contributed by atoms with Gasteiger partial charge in [-0.2, -0.15) is 4.98 Å². The number of aryl methyl sites for hydroxylation is 1. The summed E-state index contributed by atoms with van der Waals surface area (Å²) in [5.41, 5.74) is 6.22. The van der Waals surface area contributed by atoms with Crippen molar-refractivity contribution in [2.75, 3.05) is 0 Å². The van der Waals surface area contributed by atoms with E-state index in [9.17, 15) is 4.39 Å². The molecular formula is C12H10ClFN4O. The highest BCUT2D eigenvalue weighted by atomic mass is 35.5. The molecule has 0 spiro atoms. The molecule has 2 aromatic rings. The van der Waals surface area contributed by atoms with Crippen molar-refractivity contribution in [3.05, 3.63) is 46.5 Å². The summed E-state index contributed by atoms with van der Waals surface area (Å²) in [7, 11) is 0. The molecule has 0 unspecified atom stereocenters. The van der Waals surface area contributed by atoms with E-state index in [4.69, 9.17) is 27.5 Å². The van der Waals surface area contributed by atoms with Crippen LogP contribution in [-0.2, 0) is 0 Å². The van der Waals surface area contributed by atoms with E-state index in [2.05, 4.69) is 9.97 Å². The summed E-state index contributed by atoms with van der Waals surface area (Å²) in [4.78, 5) is 8.00. The number of hydrogen-bond donors (Lipinski definition) is 2. The van der Waals surface area contributed by atoms with Crippen LogP contribution in [0.4, 0.5) is 4.39 Å². The highest BCUT2D eigenvalue weighted by molar-refractivity contribution is 6.30. The minimum atomic E-state index is -0.538. The number of nitrogens with zero attached hydrogens (tertiary/aromatic N) is 2. The van der Waals surface area contributed by atoms with Crippen molar-refractivity contribution in [3.63, 3.8) is 0 Å². The third-order valence-corrected chi connectivity index (χ3v) is 2.50. The molecule has 0 atom stereocenters. The molecule has 0 saturated carbocycles. The van der Waals surface area contributed by atoms with Crippen LogP contribution in [0.3, 0.4) is 0 Å². The Labute approximate surface area is 113 Å². The van der Waals surface area contributed by atoms with Crippen LogP contribution in [-0.4, -0.2) is 15.8 Å². The minimum absolute atomic E-state index is 0.0212. The summed E-state index contributed by atoms with van der Waals surface area (Å²) >= 11 is 5.64. The van der Waals surface area contributed by atoms with Crippen LogP contribution in [0.25, 0.3) is 0 Å². The molecule has 2 rings (SSSR count). The summed E-state index contributed by atoms with van der Waals surface area (Å²) in [5, 5.41) is 7.27. The number of halogens is 2. The lowest BCUT2D eigenvalue weighted by Crippen LogP contribution is -2.14. The molecule has 5 nitrogen and oxygen atoms in total. The monoisotopic (exact) mass is 280 g/mol. The molecule has 0 aliphatic carbocycles. The lowest BCUT2D eigenvalue weighted by Gasteiger charge is -2.07. The minimum Gasteiger partial charge on any atom is -0.424 e. The maximum Gasteiger partial charge on any atom is 0.322 e. The zero-order chi connectivity index (χ0) is 14.0. The number of hydrogen-bond acceptors (Lipinski definition) is 4. The number of nitrogen functional groups attached to an aromatic ring is 1. The highest BCUT2D eigenvalue weighted by Crippen LogP contribution is 2.24. The predicted molar refractivity (Wildman–Crippen MR) is 69.3 cm³/mol. The van der Waals surface area contributed by atoms with Crippen LogP contribution < -0.4 is 10.5 Å². The number of aromatic nitrogens is 2. The lowest BCUT2D eigenvalue weighted by molar-refractivity contribution is 0.438. The van der Waals surface area contributed by atoms with Gasteiger partial charge in [0, 0.05) is 11.8 Å². The molecule has 0 bridgehead atoms. The molecule has 19 heavy (non-hydrogen) atoms. The Bertz CT molecular complexity index is 648. The van der Waals surface area contributed by atoms with Gasteiger partial charge in [-0.1, -0.05) is 11.6 Å². The second kappa shape index (κ2) is 5.19. The largest absolute Gasteiger partial charge is 0.424 e. The number of nitrogens with two attached hydrogens (primary N) is 1. The van der Waals surface area contributed by atoms with Crippen molar-refractivity contribution in [1.82, 2.24) is 9.97 Å². The molecule has 0 fully saturated rings. The first-order valence-corrected chi connectivity index (χ1v) is 5.66. The van der Waals surface area contributed by atoms with E-state index in [0.717, 1.165) is 0 Å². The first-order chi connectivity index (χ1) is 8.95. The average Bonchev–Trinajstić information content (AvgIpc) is 2.33. The number of nitrogens with one attached hydrogen (secondary N) is 1. The van der Waals surface area contributed by atoms with Crippen molar-refractivity contribution in [3.8, 4) is 11.8 Å². The summed E-state index contributed by atoms with van der Waals surface area (Å²) < 4.78 is 18.4. The molecule has 7 heteroatoms. The number of benzene rings is 1. The van der Waals surface area contributed by atoms with Crippen molar-refractivity contribution < 1.29 is 9.13 Å². The summed E-state index contributed by atoms with van der Waals surface area (Å²) in [6, 6.07) is 5.48. The van der Waals surface area contributed by atoms with Gasteiger partial charge in [0.2, 0.25) is 0 Å². The first kappa shape index (κ1) is 13.2. The van der Waals surface area contributed by atoms with Crippen LogP contribution in [0.1, 0.15) is 11.4 Å². The van der Waals surface area contributed by atoms with Crippen LogP contribution in [0.5, 0.6) is 11.8 Å². The van der Waals surface area contributed by atoms with Gasteiger partial charge in [0.1, 0.15) is 23.1 Å². The summed E-state index contributed by atoms with van der Waals surface area (Å²) in [6.45, 7) is 1.72. The Morgan fingerprint density at radius 1 is 1.37 bits per heavy atom. The van der Waals surface area contributed by atoms with E-state index in [1.807, 2.05) is 0 Å². The predicted octanol–water partition coefficient (Wildman–Crippen LogP) is 2.65. The second-order valence-electron chi connectivity index (χ2n) is 3.77. The second-order valence-corrected chi connectivity index (χ2v) is 4.18. The normalized spacial score (nSPS) is 10.3. The number of ether oxygens (including phenoxy) is 1. The fourth-order valence-electron chi connectivity index (χ4n) is 1.37. The number of amidine groups is 1. The standard InChI is InChI=1S/C12H10ClFN4O/c1-6-4-10(11(15)16)18-12(17-6)19-7-2-3-9(14)8(13)5-7/h2-5H,1H3,(H3,15,16). The fourth-order valence-corrected chi connectivity index (χ4v) is 1.54. The van der Waals surface area contributed by atoms with Crippen LogP contribution in [0.2, 0.25) is 5.02 Å². The van der Waals surface area contributed by atoms with E-state index < -0.39 is 5.82 Å². The van der Waals surface area contributed by atoms with Gasteiger partial charge in [-0.15, -0.1) is 0 Å². The molecular weight excluding hydrogens is 271 g/mol. The summed E-state index contributed by atoms with van der Waals surface area (Å²) in [5.74, 6) is -0.428. The van der Waals surface area contributed by atoms with E-state index in [-0.39, 0.29) is 22.6 Å². The van der Waals surface area contributed by atoms with Crippen LogP contribution in [0.15, 0.2) is 24.3 Å². The molecule has 98 valence electrons. The first-order valence-electron chi connectivity index (χ1n) is 5.28. The van der Waals surface area contributed by atoms with Gasteiger partial charge in [0.05, 0.1) is 5.02 Å². The van der Waals surface area contributed by atoms with Crippen LogP contribution in [0, 0.1) is 18.2 Å². The third-order valence-electron chi connectivity index (χ3n) is 2.21. The summed E-state index contributed by atoms with van der Waals surface area (Å²) in [6.07, 6.45) is 0. The molecule has 3 N–H and O–H groups in total. The van der Waals surface area contributed by atoms with Crippen LogP contribution >= 0.6 is 11.6 Å². The lowest BCUT2D eigenvalue weighted by atomic mass is 10.3. The van der Waals surface area contributed by atoms with Gasteiger partial charge in [-0.05, 0) is 25.1 Å². The van der Waals surface area contributed by atoms with Crippen molar-refractivity contribution in [1.29, 1.82) is 5.41 Å². The average molecular weight is 281 g/mol. The zero-order valence-corrected chi connectivity index (χ0v) is 10.7.